The molecule has 1 aliphatic heterocycles. The zero-order valence-corrected chi connectivity index (χ0v) is 33.3. The highest BCUT2D eigenvalue weighted by molar-refractivity contribution is 6.38. The van der Waals surface area contributed by atoms with Gasteiger partial charge < -0.3 is 36.0 Å². The van der Waals surface area contributed by atoms with Crippen molar-refractivity contribution in [3.8, 4) is 0 Å². The summed E-state index contributed by atoms with van der Waals surface area (Å²) >= 11 is 0. The predicted molar refractivity (Wildman–Crippen MR) is 201 cm³/mol. The minimum absolute atomic E-state index is 0.0105. The van der Waals surface area contributed by atoms with Crippen molar-refractivity contribution in [1.82, 2.24) is 26.2 Å². The van der Waals surface area contributed by atoms with Crippen molar-refractivity contribution in [1.29, 1.82) is 0 Å². The third kappa shape index (κ3) is 9.07. The van der Waals surface area contributed by atoms with Gasteiger partial charge in [0.25, 0.3) is 5.91 Å². The number of rotatable bonds is 14. The molecule has 6 atom stereocenters. The van der Waals surface area contributed by atoms with Crippen LogP contribution in [0.25, 0.3) is 0 Å². The lowest BCUT2D eigenvalue weighted by molar-refractivity contribution is -0.154. The number of hydrogen-bond donors (Lipinski definition) is 5. The first-order valence-electron chi connectivity index (χ1n) is 20.8. The van der Waals surface area contributed by atoms with Crippen molar-refractivity contribution >= 4 is 35.5 Å². The third-order valence-corrected chi connectivity index (χ3v) is 13.6. The summed E-state index contributed by atoms with van der Waals surface area (Å²) in [6.45, 7) is 11.2. The number of ether oxygens (including phenoxy) is 1. The van der Waals surface area contributed by atoms with Gasteiger partial charge in [-0.25, -0.2) is 4.79 Å². The second kappa shape index (κ2) is 15.7. The molecule has 6 aliphatic carbocycles. The maximum absolute atomic E-state index is 14.7. The smallest absolute Gasteiger partial charge is 0.315 e. The number of fused-ring (bicyclic) bond motifs is 1. The molecule has 5 amide bonds. The van der Waals surface area contributed by atoms with Crippen LogP contribution in [0.4, 0.5) is 4.79 Å². The summed E-state index contributed by atoms with van der Waals surface area (Å²) in [4.78, 5) is 83.2. The Bertz CT molecular complexity index is 1430. The molecule has 0 aromatic heterocycles. The van der Waals surface area contributed by atoms with E-state index in [0.717, 1.165) is 51.4 Å². The van der Waals surface area contributed by atoms with Gasteiger partial charge in [-0.15, -0.1) is 0 Å². The number of esters is 1. The number of aliphatic hydroxyl groups is 1. The van der Waals surface area contributed by atoms with Gasteiger partial charge in [-0.2, -0.15) is 0 Å². The highest BCUT2D eigenvalue weighted by atomic mass is 16.6. The van der Waals surface area contributed by atoms with Crippen molar-refractivity contribution in [3.63, 3.8) is 0 Å². The number of nitrogens with zero attached hydrogens (tertiary/aromatic N) is 1. The molecule has 13 nitrogen and oxygen atoms in total. The van der Waals surface area contributed by atoms with Crippen LogP contribution in [0.1, 0.15) is 131 Å². The van der Waals surface area contributed by atoms with Crippen molar-refractivity contribution < 1.29 is 38.6 Å². The minimum atomic E-state index is -1.25. The molecule has 54 heavy (non-hydrogen) atoms. The number of likely N-dealkylation sites (tertiary alicyclic amines) is 1. The Labute approximate surface area is 320 Å². The lowest BCUT2D eigenvalue weighted by Gasteiger charge is -2.56. The number of piperidine rings is 1. The van der Waals surface area contributed by atoms with Gasteiger partial charge in [0.05, 0.1) is 18.6 Å². The van der Waals surface area contributed by atoms with Crippen molar-refractivity contribution in [3.05, 3.63) is 0 Å². The molecule has 302 valence electrons. The van der Waals surface area contributed by atoms with Crippen LogP contribution in [-0.4, -0.2) is 94.0 Å². The number of aliphatic hydroxyl groups excluding tert-OH is 1. The molecule has 1 heterocycles. The average Bonchev–Trinajstić information content (AvgIpc) is 3.38. The first kappa shape index (κ1) is 40.4. The summed E-state index contributed by atoms with van der Waals surface area (Å²) < 4.78 is 5.27. The van der Waals surface area contributed by atoms with Crippen LogP contribution in [0.5, 0.6) is 0 Å². The molecule has 6 saturated carbocycles. The first-order valence-corrected chi connectivity index (χ1v) is 20.8. The summed E-state index contributed by atoms with van der Waals surface area (Å²) in [7, 11) is 0. The highest BCUT2D eigenvalue weighted by Crippen LogP contribution is 2.65. The van der Waals surface area contributed by atoms with Gasteiger partial charge in [0, 0.05) is 18.6 Å². The van der Waals surface area contributed by atoms with Gasteiger partial charge in [0.15, 0.2) is 0 Å². The molecular weight excluding hydrogens is 690 g/mol. The number of amides is 5. The Balaban J connectivity index is 1.15. The summed E-state index contributed by atoms with van der Waals surface area (Å²) in [6, 6.07) is -3.20. The van der Waals surface area contributed by atoms with Crippen LogP contribution in [0.2, 0.25) is 0 Å². The number of ketones is 1. The molecule has 7 rings (SSSR count). The Hall–Kier alpha value is -3.22. The molecule has 1 saturated heterocycles. The molecule has 5 N–H and O–H groups in total. The maximum Gasteiger partial charge on any atom is 0.315 e. The fourth-order valence-electron chi connectivity index (χ4n) is 11.4. The van der Waals surface area contributed by atoms with E-state index in [0.29, 0.717) is 24.3 Å². The van der Waals surface area contributed by atoms with Crippen LogP contribution in [0.3, 0.4) is 0 Å². The molecule has 0 aromatic carbocycles. The van der Waals surface area contributed by atoms with Crippen molar-refractivity contribution in [2.75, 3.05) is 13.1 Å². The van der Waals surface area contributed by atoms with Gasteiger partial charge in [-0.3, -0.25) is 24.0 Å². The van der Waals surface area contributed by atoms with E-state index in [1.807, 2.05) is 0 Å². The fourth-order valence-corrected chi connectivity index (χ4v) is 11.4. The second-order valence-electron chi connectivity index (χ2n) is 19.5. The first-order chi connectivity index (χ1) is 25.4. The standard InChI is InChI=1S/C41H65N5O8/c1-23(47)12-13-29(34(49)36(51)42-15-14-30(48)54-39(2,3)4)43-35(50)33-31-28(40(31,5)6)22-46(33)37(52)32(27-10-8-7-9-11-27)44-38(53)45-41-19-24-16-25(20-41)18-26(17-24)21-41/h23-29,31-33,47H,7-22H2,1-6H3,(H,42,51)(H,43,50)(H2,44,45,53)/t23?,24?,25?,26?,28-,29?,31-,32-,33-,41?/m0/s1. The van der Waals surface area contributed by atoms with E-state index in [9.17, 15) is 33.9 Å². The number of Topliss-reactive ketones (excluding diaryl/α,β-unsaturated/α-hetero) is 1. The molecule has 7 aliphatic rings. The molecule has 2 unspecified atom stereocenters. The molecular formula is C41H65N5O8. The van der Waals surface area contributed by atoms with Crippen LogP contribution in [0, 0.1) is 40.9 Å². The van der Waals surface area contributed by atoms with E-state index in [-0.39, 0.29) is 66.5 Å². The van der Waals surface area contributed by atoms with Crippen LogP contribution < -0.4 is 21.3 Å². The summed E-state index contributed by atoms with van der Waals surface area (Å²) in [5.41, 5.74) is -1.11. The summed E-state index contributed by atoms with van der Waals surface area (Å²) in [5, 5.41) is 21.9. The van der Waals surface area contributed by atoms with E-state index < -0.39 is 53.4 Å². The topological polar surface area (TPSA) is 183 Å². The maximum atomic E-state index is 14.7. The zero-order valence-electron chi connectivity index (χ0n) is 33.3. The van der Waals surface area contributed by atoms with Crippen LogP contribution in [-0.2, 0) is 28.7 Å². The van der Waals surface area contributed by atoms with Crippen LogP contribution >= 0.6 is 0 Å². The second-order valence-corrected chi connectivity index (χ2v) is 19.5. The summed E-state index contributed by atoms with van der Waals surface area (Å²) in [6.07, 6.45) is 10.7. The number of carbonyl (C=O) groups is 6. The van der Waals surface area contributed by atoms with E-state index in [1.165, 1.54) is 19.3 Å². The van der Waals surface area contributed by atoms with Gasteiger partial charge in [0.1, 0.15) is 17.7 Å². The zero-order chi connectivity index (χ0) is 39.2. The number of urea groups is 1. The van der Waals surface area contributed by atoms with E-state index >= 15 is 0 Å². The molecule has 0 aromatic rings. The molecule has 13 heteroatoms. The van der Waals surface area contributed by atoms with E-state index in [4.69, 9.17) is 4.74 Å². The highest BCUT2D eigenvalue weighted by Gasteiger charge is 2.70. The average molecular weight is 756 g/mol. The summed E-state index contributed by atoms with van der Waals surface area (Å²) in [5.74, 6) is -1.30. The number of hydrogen-bond acceptors (Lipinski definition) is 8. The Morgan fingerprint density at radius 1 is 0.889 bits per heavy atom. The number of nitrogens with one attached hydrogen (secondary N) is 4. The SMILES string of the molecule is CC(O)CCC(NC(=O)[C@@H]1[C@@H]2[C@H](CN1C(=O)[C@@H](NC(=O)NC13CC4CC(CC(C4)C1)C3)C1CCCCC1)C2(C)C)C(=O)C(=O)NCCC(=O)OC(C)(C)C. The van der Waals surface area contributed by atoms with E-state index in [1.54, 1.807) is 32.6 Å². The van der Waals surface area contributed by atoms with Gasteiger partial charge in [-0.1, -0.05) is 33.1 Å². The molecule has 7 fully saturated rings. The Morgan fingerprint density at radius 3 is 2.07 bits per heavy atom. The van der Waals surface area contributed by atoms with Crippen molar-refractivity contribution in [2.45, 2.75) is 167 Å². The molecule has 0 radical (unpaired) electrons. The largest absolute Gasteiger partial charge is 0.460 e. The number of carbonyl (C=O) groups excluding carboxylic acids is 6. The van der Waals surface area contributed by atoms with Gasteiger partial charge >= 0.3 is 12.0 Å². The lowest BCUT2D eigenvalue weighted by atomic mass is 9.53. The monoisotopic (exact) mass is 755 g/mol. The fraction of sp³-hybridized carbons (Fsp3) is 0.854. The third-order valence-electron chi connectivity index (χ3n) is 13.6. The Kier molecular flexibility index (Phi) is 11.8. The van der Waals surface area contributed by atoms with Crippen molar-refractivity contribution in [2.24, 2.45) is 40.9 Å². The predicted octanol–water partition coefficient (Wildman–Crippen LogP) is 3.75. The molecule has 0 spiro atoms. The van der Waals surface area contributed by atoms with E-state index in [2.05, 4.69) is 35.1 Å². The van der Waals surface area contributed by atoms with Crippen LogP contribution in [0.15, 0.2) is 0 Å². The quantitative estimate of drug-likeness (QED) is 0.131. The minimum Gasteiger partial charge on any atom is -0.460 e. The lowest BCUT2D eigenvalue weighted by Crippen LogP contribution is -2.64. The molecule has 4 bridgehead atoms. The van der Waals surface area contributed by atoms with Gasteiger partial charge in [0.2, 0.25) is 17.6 Å². The Morgan fingerprint density at radius 2 is 1.50 bits per heavy atom. The van der Waals surface area contributed by atoms with Gasteiger partial charge in [-0.05, 0) is 133 Å². The normalized spacial score (nSPS) is 32.5.